The van der Waals surface area contributed by atoms with Crippen molar-refractivity contribution in [3.63, 3.8) is 0 Å². The van der Waals surface area contributed by atoms with E-state index in [1.54, 1.807) is 0 Å². The summed E-state index contributed by atoms with van der Waals surface area (Å²) in [4.78, 5) is 17.8. The van der Waals surface area contributed by atoms with E-state index in [1.807, 2.05) is 0 Å². The first-order valence-corrected chi connectivity index (χ1v) is 10.0. The van der Waals surface area contributed by atoms with Gasteiger partial charge in [0.15, 0.2) is 0 Å². The molecule has 1 aliphatic heterocycles. The molecule has 0 unspecified atom stereocenters. The number of aryl methyl sites for hydroxylation is 1. The van der Waals surface area contributed by atoms with Crippen molar-refractivity contribution in [1.29, 1.82) is 0 Å². The van der Waals surface area contributed by atoms with Crippen molar-refractivity contribution in [3.8, 4) is 0 Å². The van der Waals surface area contributed by atoms with Gasteiger partial charge in [-0.05, 0) is 70.3 Å². The minimum atomic E-state index is -0.211. The van der Waals surface area contributed by atoms with Crippen molar-refractivity contribution in [2.75, 3.05) is 37.6 Å². The SMILES string of the molecule is CCN(CCNC(=O)C1(N2CCCC2)CCCC1)c1cccc(C)c1. The Bertz CT molecular complexity index is 574. The lowest BCUT2D eigenvalue weighted by molar-refractivity contribution is -0.132. The summed E-state index contributed by atoms with van der Waals surface area (Å²) < 4.78 is 0. The number of likely N-dealkylation sites (N-methyl/N-ethyl adjacent to an activating group) is 1. The van der Waals surface area contributed by atoms with Crippen molar-refractivity contribution in [1.82, 2.24) is 10.2 Å². The summed E-state index contributed by atoms with van der Waals surface area (Å²) in [5, 5.41) is 3.27. The van der Waals surface area contributed by atoms with Crippen LogP contribution < -0.4 is 10.2 Å². The average molecular weight is 344 g/mol. The molecule has 2 aliphatic rings. The number of amides is 1. The average Bonchev–Trinajstić information content (AvgIpc) is 3.30. The second kappa shape index (κ2) is 8.22. The molecule has 0 bridgehead atoms. The molecular formula is C21H33N3O. The number of benzene rings is 1. The smallest absolute Gasteiger partial charge is 0.240 e. The van der Waals surface area contributed by atoms with E-state index < -0.39 is 0 Å². The Kier molecular flexibility index (Phi) is 6.00. The summed E-state index contributed by atoms with van der Waals surface area (Å²) in [6, 6.07) is 8.60. The lowest BCUT2D eigenvalue weighted by Crippen LogP contribution is -2.57. The number of nitrogens with zero attached hydrogens (tertiary/aromatic N) is 2. The number of likely N-dealkylation sites (tertiary alicyclic amines) is 1. The highest BCUT2D eigenvalue weighted by Gasteiger charge is 2.46. The summed E-state index contributed by atoms with van der Waals surface area (Å²) in [6.45, 7) is 9.02. The standard InChI is InChI=1S/C21H33N3O/c1-3-23(19-10-8-9-18(2)17-19)16-13-22-20(25)21(11-4-5-12-21)24-14-6-7-15-24/h8-10,17H,3-7,11-16H2,1-2H3,(H,22,25). The third-order valence-corrected chi connectivity index (χ3v) is 5.98. The molecule has 1 N–H and O–H groups in total. The van der Waals surface area contributed by atoms with Crippen molar-refractivity contribution >= 4 is 11.6 Å². The maximum Gasteiger partial charge on any atom is 0.240 e. The predicted octanol–water partition coefficient (Wildman–Crippen LogP) is 3.35. The van der Waals surface area contributed by atoms with Gasteiger partial charge < -0.3 is 10.2 Å². The van der Waals surface area contributed by atoms with Crippen LogP contribution in [0.5, 0.6) is 0 Å². The van der Waals surface area contributed by atoms with Gasteiger partial charge in [0.2, 0.25) is 5.91 Å². The molecule has 0 aromatic heterocycles. The number of carbonyl (C=O) groups excluding carboxylic acids is 1. The van der Waals surface area contributed by atoms with Crippen LogP contribution >= 0.6 is 0 Å². The molecule has 0 radical (unpaired) electrons. The summed E-state index contributed by atoms with van der Waals surface area (Å²) >= 11 is 0. The Morgan fingerprint density at radius 2 is 1.92 bits per heavy atom. The maximum atomic E-state index is 13.0. The van der Waals surface area contributed by atoms with Gasteiger partial charge in [0, 0.05) is 25.3 Å². The first-order valence-electron chi connectivity index (χ1n) is 10.0. The molecule has 2 fully saturated rings. The number of rotatable bonds is 7. The van der Waals surface area contributed by atoms with Crippen LogP contribution in [0.15, 0.2) is 24.3 Å². The van der Waals surface area contributed by atoms with Crippen LogP contribution in [0.1, 0.15) is 51.0 Å². The molecular weight excluding hydrogens is 310 g/mol. The molecule has 1 aliphatic carbocycles. The molecule has 25 heavy (non-hydrogen) atoms. The van der Waals surface area contributed by atoms with Crippen LogP contribution in [0.25, 0.3) is 0 Å². The molecule has 4 nitrogen and oxygen atoms in total. The van der Waals surface area contributed by atoms with Crippen molar-refractivity contribution < 1.29 is 4.79 Å². The molecule has 1 amide bonds. The molecule has 3 rings (SSSR count). The van der Waals surface area contributed by atoms with E-state index in [0.717, 1.165) is 45.6 Å². The van der Waals surface area contributed by atoms with E-state index in [4.69, 9.17) is 0 Å². The summed E-state index contributed by atoms with van der Waals surface area (Å²) in [5.74, 6) is 0.271. The van der Waals surface area contributed by atoms with Gasteiger partial charge in [-0.3, -0.25) is 9.69 Å². The molecule has 4 heteroatoms. The number of nitrogens with one attached hydrogen (secondary N) is 1. The first-order chi connectivity index (χ1) is 12.2. The highest BCUT2D eigenvalue weighted by Crippen LogP contribution is 2.37. The summed E-state index contributed by atoms with van der Waals surface area (Å²) in [5.41, 5.74) is 2.31. The number of anilines is 1. The fourth-order valence-corrected chi connectivity index (χ4v) is 4.56. The van der Waals surface area contributed by atoms with E-state index in [1.165, 1.54) is 36.9 Å². The Morgan fingerprint density at radius 1 is 1.20 bits per heavy atom. The van der Waals surface area contributed by atoms with Gasteiger partial charge in [-0.25, -0.2) is 0 Å². The minimum Gasteiger partial charge on any atom is -0.370 e. The maximum absolute atomic E-state index is 13.0. The molecule has 1 aromatic carbocycles. The normalized spacial score (nSPS) is 19.9. The van der Waals surface area contributed by atoms with Gasteiger partial charge in [-0.2, -0.15) is 0 Å². The van der Waals surface area contributed by atoms with Crippen molar-refractivity contribution in [3.05, 3.63) is 29.8 Å². The van der Waals surface area contributed by atoms with Crippen molar-refractivity contribution in [2.45, 2.75) is 57.9 Å². The van der Waals surface area contributed by atoms with Gasteiger partial charge in [0.1, 0.15) is 5.54 Å². The van der Waals surface area contributed by atoms with E-state index in [2.05, 4.69) is 53.2 Å². The largest absolute Gasteiger partial charge is 0.370 e. The van der Waals surface area contributed by atoms with Crippen LogP contribution in [0.4, 0.5) is 5.69 Å². The number of carbonyl (C=O) groups is 1. The van der Waals surface area contributed by atoms with Crippen LogP contribution in [-0.4, -0.2) is 49.1 Å². The first kappa shape index (κ1) is 18.2. The zero-order valence-corrected chi connectivity index (χ0v) is 15.9. The zero-order chi connectivity index (χ0) is 17.7. The van der Waals surface area contributed by atoms with E-state index in [-0.39, 0.29) is 11.4 Å². The van der Waals surface area contributed by atoms with Gasteiger partial charge in [-0.15, -0.1) is 0 Å². The molecule has 1 aromatic rings. The third-order valence-electron chi connectivity index (χ3n) is 5.98. The van der Waals surface area contributed by atoms with Crippen LogP contribution in [0, 0.1) is 6.92 Å². The zero-order valence-electron chi connectivity index (χ0n) is 15.9. The topological polar surface area (TPSA) is 35.6 Å². The molecule has 1 saturated carbocycles. The van der Waals surface area contributed by atoms with E-state index >= 15 is 0 Å². The molecule has 0 spiro atoms. The fourth-order valence-electron chi connectivity index (χ4n) is 4.56. The molecule has 0 atom stereocenters. The Labute approximate surface area is 152 Å². The van der Waals surface area contributed by atoms with Crippen LogP contribution in [-0.2, 0) is 4.79 Å². The van der Waals surface area contributed by atoms with E-state index in [0.29, 0.717) is 0 Å². The third kappa shape index (κ3) is 4.00. The second-order valence-corrected chi connectivity index (χ2v) is 7.61. The van der Waals surface area contributed by atoms with Gasteiger partial charge in [-0.1, -0.05) is 25.0 Å². The highest BCUT2D eigenvalue weighted by molar-refractivity contribution is 5.86. The van der Waals surface area contributed by atoms with Crippen LogP contribution in [0.2, 0.25) is 0 Å². The monoisotopic (exact) mass is 343 g/mol. The molecule has 1 saturated heterocycles. The Hall–Kier alpha value is -1.55. The fraction of sp³-hybridized carbons (Fsp3) is 0.667. The highest BCUT2D eigenvalue weighted by atomic mass is 16.2. The van der Waals surface area contributed by atoms with Crippen LogP contribution in [0.3, 0.4) is 0 Å². The Morgan fingerprint density at radius 3 is 2.56 bits per heavy atom. The summed E-state index contributed by atoms with van der Waals surface area (Å²) in [7, 11) is 0. The Balaban J connectivity index is 1.57. The molecule has 138 valence electrons. The second-order valence-electron chi connectivity index (χ2n) is 7.61. The predicted molar refractivity (Wildman–Crippen MR) is 104 cm³/mol. The van der Waals surface area contributed by atoms with Gasteiger partial charge in [0.05, 0.1) is 0 Å². The van der Waals surface area contributed by atoms with E-state index in [9.17, 15) is 4.79 Å². The van der Waals surface area contributed by atoms with Gasteiger partial charge in [0.25, 0.3) is 0 Å². The number of hydrogen-bond acceptors (Lipinski definition) is 3. The minimum absolute atomic E-state index is 0.211. The quantitative estimate of drug-likeness (QED) is 0.825. The lowest BCUT2D eigenvalue weighted by atomic mass is 9.94. The number of hydrogen-bond donors (Lipinski definition) is 1. The molecule has 1 heterocycles. The summed E-state index contributed by atoms with van der Waals surface area (Å²) in [6.07, 6.45) is 6.93. The van der Waals surface area contributed by atoms with Gasteiger partial charge >= 0.3 is 0 Å². The van der Waals surface area contributed by atoms with Crippen molar-refractivity contribution in [2.24, 2.45) is 0 Å². The lowest BCUT2D eigenvalue weighted by Gasteiger charge is -2.37.